The molecule has 1 aliphatic heterocycles. The number of benzene rings is 1. The van der Waals surface area contributed by atoms with Crippen LogP contribution in [0.1, 0.15) is 67.4 Å². The van der Waals surface area contributed by atoms with Crippen molar-refractivity contribution < 1.29 is 28.2 Å². The average molecular weight is 359 g/mol. The number of aliphatic hydroxyl groups is 1. The van der Waals surface area contributed by atoms with Crippen LogP contribution < -0.4 is 0 Å². The fraction of sp³-hybridized carbons (Fsp3) is 0.611. The number of nitrogens with zero attached hydrogens (tertiary/aromatic N) is 1. The highest BCUT2D eigenvalue weighted by molar-refractivity contribution is 5.98. The van der Waals surface area contributed by atoms with Crippen LogP contribution in [0.4, 0.5) is 13.2 Å². The zero-order valence-corrected chi connectivity index (χ0v) is 14.8. The van der Waals surface area contributed by atoms with E-state index >= 15 is 0 Å². The van der Waals surface area contributed by atoms with Gasteiger partial charge in [0.15, 0.2) is 5.60 Å². The molecule has 1 saturated heterocycles. The van der Waals surface area contributed by atoms with Gasteiger partial charge in [-0.25, -0.2) is 0 Å². The van der Waals surface area contributed by atoms with Crippen LogP contribution in [-0.4, -0.2) is 45.9 Å². The summed E-state index contributed by atoms with van der Waals surface area (Å²) in [6.45, 7) is 6.57. The van der Waals surface area contributed by atoms with Gasteiger partial charge in [0.2, 0.25) is 0 Å². The van der Waals surface area contributed by atoms with Gasteiger partial charge < -0.3 is 15.1 Å². The van der Waals surface area contributed by atoms with E-state index < -0.39 is 30.7 Å². The number of alkyl halides is 3. The molecule has 2 rings (SSSR count). The largest absolute Gasteiger partial charge is 0.507 e. The van der Waals surface area contributed by atoms with Gasteiger partial charge in [-0.3, -0.25) is 4.79 Å². The van der Waals surface area contributed by atoms with E-state index in [-0.39, 0.29) is 29.7 Å². The minimum Gasteiger partial charge on any atom is -0.507 e. The van der Waals surface area contributed by atoms with Crippen molar-refractivity contribution in [1.82, 2.24) is 4.90 Å². The molecule has 0 saturated carbocycles. The Morgan fingerprint density at radius 3 is 2.24 bits per heavy atom. The van der Waals surface area contributed by atoms with Crippen molar-refractivity contribution in [1.29, 1.82) is 0 Å². The van der Waals surface area contributed by atoms with Crippen molar-refractivity contribution in [2.24, 2.45) is 0 Å². The summed E-state index contributed by atoms with van der Waals surface area (Å²) in [5, 5.41) is 20.2. The highest BCUT2D eigenvalue weighted by atomic mass is 19.4. The number of hydrogen-bond acceptors (Lipinski definition) is 3. The molecule has 0 spiro atoms. The van der Waals surface area contributed by atoms with E-state index in [1.165, 1.54) is 6.07 Å². The fourth-order valence-electron chi connectivity index (χ4n) is 2.99. The van der Waals surface area contributed by atoms with Crippen LogP contribution in [0.15, 0.2) is 12.1 Å². The predicted molar refractivity (Wildman–Crippen MR) is 87.8 cm³/mol. The number of carbonyl (C=O) groups is 1. The number of likely N-dealkylation sites (tertiary alicyclic amines) is 1. The first-order valence-corrected chi connectivity index (χ1v) is 8.32. The summed E-state index contributed by atoms with van der Waals surface area (Å²) in [6.07, 6.45) is -5.36. The molecule has 1 amide bonds. The van der Waals surface area contributed by atoms with Crippen molar-refractivity contribution >= 4 is 5.91 Å². The molecule has 0 radical (unpaired) electrons. The van der Waals surface area contributed by atoms with Gasteiger partial charge in [-0.1, -0.05) is 33.8 Å². The van der Waals surface area contributed by atoms with Crippen LogP contribution >= 0.6 is 0 Å². The molecular formula is C18H24F3NO3. The number of carbonyl (C=O) groups excluding carboxylic acids is 1. The Kier molecular flexibility index (Phi) is 5.10. The highest BCUT2D eigenvalue weighted by Gasteiger charge is 2.58. The Labute approximate surface area is 145 Å². The van der Waals surface area contributed by atoms with Crippen molar-refractivity contribution in [2.45, 2.75) is 57.7 Å². The fourth-order valence-corrected chi connectivity index (χ4v) is 2.99. The van der Waals surface area contributed by atoms with Gasteiger partial charge in [0.1, 0.15) is 5.75 Å². The third-order valence-corrected chi connectivity index (χ3v) is 4.74. The average Bonchev–Trinajstić information content (AvgIpc) is 2.89. The summed E-state index contributed by atoms with van der Waals surface area (Å²) in [7, 11) is 0. The lowest BCUT2D eigenvalue weighted by Crippen LogP contribution is -2.48. The Morgan fingerprint density at radius 1 is 1.20 bits per heavy atom. The summed E-state index contributed by atoms with van der Waals surface area (Å²) in [5.41, 5.74) is -1.49. The first-order chi connectivity index (χ1) is 11.4. The van der Waals surface area contributed by atoms with E-state index in [4.69, 9.17) is 0 Å². The maximum atomic E-state index is 13.0. The summed E-state index contributed by atoms with van der Waals surface area (Å²) >= 11 is 0. The van der Waals surface area contributed by atoms with Gasteiger partial charge in [-0.15, -0.1) is 0 Å². The van der Waals surface area contributed by atoms with E-state index in [0.29, 0.717) is 5.56 Å². The van der Waals surface area contributed by atoms with Gasteiger partial charge in [0.05, 0.1) is 12.1 Å². The van der Waals surface area contributed by atoms with E-state index in [1.807, 2.05) is 33.8 Å². The Morgan fingerprint density at radius 2 is 1.80 bits per heavy atom. The molecule has 1 aliphatic rings. The molecule has 4 nitrogen and oxygen atoms in total. The van der Waals surface area contributed by atoms with E-state index in [9.17, 15) is 28.2 Å². The summed E-state index contributed by atoms with van der Waals surface area (Å²) < 4.78 is 38.9. The second-order valence-corrected chi connectivity index (χ2v) is 7.32. The van der Waals surface area contributed by atoms with Crippen LogP contribution in [0.5, 0.6) is 5.75 Å². The molecular weight excluding hydrogens is 335 g/mol. The van der Waals surface area contributed by atoms with Crippen molar-refractivity contribution in [2.75, 3.05) is 13.1 Å². The van der Waals surface area contributed by atoms with Gasteiger partial charge >= 0.3 is 6.18 Å². The van der Waals surface area contributed by atoms with Gasteiger partial charge in [-0.2, -0.15) is 13.2 Å². The van der Waals surface area contributed by atoms with Crippen LogP contribution in [0, 0.1) is 0 Å². The Bertz CT molecular complexity index is 670. The number of phenolic OH excluding ortho intramolecular Hbond substituents is 1. The predicted octanol–water partition coefficient (Wildman–Crippen LogP) is 3.78. The van der Waals surface area contributed by atoms with Crippen molar-refractivity contribution in [3.8, 4) is 5.75 Å². The molecule has 1 heterocycles. The third-order valence-electron chi connectivity index (χ3n) is 4.74. The zero-order valence-electron chi connectivity index (χ0n) is 14.8. The quantitative estimate of drug-likeness (QED) is 0.863. The molecule has 1 atom stereocenters. The standard InChI is InChI=1S/C18H24F3NO3/c1-10(2)12-7-13(11(3)4)15(23)14(8-12)16(24)22-6-5-17(25,9-22)18(19,20)21/h7-8,10-11,23,25H,5-6,9H2,1-4H3. The van der Waals surface area contributed by atoms with Crippen LogP contribution in [0.3, 0.4) is 0 Å². The lowest BCUT2D eigenvalue weighted by molar-refractivity contribution is -0.253. The topological polar surface area (TPSA) is 60.8 Å². The van der Waals surface area contributed by atoms with Gasteiger partial charge in [0, 0.05) is 13.0 Å². The number of amides is 1. The van der Waals surface area contributed by atoms with Crippen LogP contribution in [0.2, 0.25) is 0 Å². The second kappa shape index (κ2) is 6.52. The first kappa shape index (κ1) is 19.6. The number of halogens is 3. The molecule has 2 N–H and O–H groups in total. The molecule has 25 heavy (non-hydrogen) atoms. The van der Waals surface area contributed by atoms with Gasteiger partial charge in [-0.05, 0) is 29.0 Å². The third kappa shape index (κ3) is 3.61. The minimum absolute atomic E-state index is 0.0127. The van der Waals surface area contributed by atoms with E-state index in [2.05, 4.69) is 0 Å². The van der Waals surface area contributed by atoms with Crippen molar-refractivity contribution in [3.05, 3.63) is 28.8 Å². The molecule has 0 aromatic heterocycles. The molecule has 1 aromatic carbocycles. The summed E-state index contributed by atoms with van der Waals surface area (Å²) in [6, 6.07) is 3.34. The summed E-state index contributed by atoms with van der Waals surface area (Å²) in [4.78, 5) is 13.7. The highest BCUT2D eigenvalue weighted by Crippen LogP contribution is 2.39. The Balaban J connectivity index is 2.40. The number of rotatable bonds is 3. The zero-order chi connectivity index (χ0) is 19.2. The monoisotopic (exact) mass is 359 g/mol. The molecule has 140 valence electrons. The van der Waals surface area contributed by atoms with E-state index in [1.54, 1.807) is 0 Å². The van der Waals surface area contributed by atoms with Crippen LogP contribution in [0.25, 0.3) is 0 Å². The molecule has 0 aliphatic carbocycles. The molecule has 1 unspecified atom stereocenters. The molecule has 7 heteroatoms. The molecule has 0 bridgehead atoms. The molecule has 1 aromatic rings. The number of aromatic hydroxyl groups is 1. The van der Waals surface area contributed by atoms with Crippen LogP contribution in [-0.2, 0) is 0 Å². The second-order valence-electron chi connectivity index (χ2n) is 7.32. The SMILES string of the molecule is CC(C)c1cc(C(=O)N2CCC(O)(C(F)(F)F)C2)c(O)c(C(C)C)c1. The normalized spacial score (nSPS) is 21.4. The maximum Gasteiger partial charge on any atom is 0.419 e. The van der Waals surface area contributed by atoms with Crippen molar-refractivity contribution in [3.63, 3.8) is 0 Å². The molecule has 1 fully saturated rings. The maximum absolute atomic E-state index is 13.0. The Hall–Kier alpha value is -1.76. The van der Waals surface area contributed by atoms with Gasteiger partial charge in [0.25, 0.3) is 5.91 Å². The number of hydrogen-bond donors (Lipinski definition) is 2. The lowest BCUT2D eigenvalue weighted by atomic mass is 9.91. The van der Waals surface area contributed by atoms with E-state index in [0.717, 1.165) is 10.5 Å². The number of phenols is 1. The smallest absolute Gasteiger partial charge is 0.419 e. The minimum atomic E-state index is -4.80. The lowest BCUT2D eigenvalue weighted by Gasteiger charge is -2.26. The number of β-amino-alcohol motifs (C(OH)–C–C–N with tert-alkyl or cyclic N) is 1. The summed E-state index contributed by atoms with van der Waals surface area (Å²) in [5.74, 6) is -0.847. The first-order valence-electron chi connectivity index (χ1n) is 8.32.